The molecule has 10 nitrogen and oxygen atoms in total. The van der Waals surface area contributed by atoms with Crippen LogP contribution in [0.3, 0.4) is 0 Å². The van der Waals surface area contributed by atoms with Crippen LogP contribution in [0.1, 0.15) is 12.8 Å². The highest BCUT2D eigenvalue weighted by atomic mass is 16.3. The number of aliphatic hydroxyl groups is 2. The zero-order chi connectivity index (χ0) is 19.5. The molecule has 2 aliphatic rings. The molecule has 1 atom stereocenters. The first-order valence-corrected chi connectivity index (χ1v) is 10.1. The molecule has 4 rings (SSSR count). The van der Waals surface area contributed by atoms with E-state index in [0.717, 1.165) is 76.5 Å². The number of hydrogen-bond acceptors (Lipinski definition) is 9. The summed E-state index contributed by atoms with van der Waals surface area (Å²) in [5, 5.41) is 19.8. The molecular weight excluding hydrogens is 360 g/mol. The van der Waals surface area contributed by atoms with Crippen LogP contribution in [0, 0.1) is 5.92 Å². The van der Waals surface area contributed by atoms with E-state index < -0.39 is 0 Å². The van der Waals surface area contributed by atoms with Crippen molar-refractivity contribution in [2.75, 3.05) is 69.6 Å². The first kappa shape index (κ1) is 19.3. The molecule has 0 spiro atoms. The Bertz CT molecular complexity index is 768. The predicted molar refractivity (Wildman–Crippen MR) is 107 cm³/mol. The molecule has 2 fully saturated rings. The van der Waals surface area contributed by atoms with Crippen molar-refractivity contribution in [1.82, 2.24) is 29.7 Å². The molecule has 5 N–H and O–H groups in total. The number of piperazine rings is 1. The van der Waals surface area contributed by atoms with Gasteiger partial charge in [0.2, 0.25) is 5.95 Å². The van der Waals surface area contributed by atoms with Crippen LogP contribution in [-0.4, -0.2) is 105 Å². The van der Waals surface area contributed by atoms with Gasteiger partial charge >= 0.3 is 0 Å². The Morgan fingerprint density at radius 1 is 1.11 bits per heavy atom. The Morgan fingerprint density at radius 3 is 2.54 bits per heavy atom. The Kier molecular flexibility index (Phi) is 5.90. The van der Waals surface area contributed by atoms with Gasteiger partial charge in [0.1, 0.15) is 5.52 Å². The van der Waals surface area contributed by atoms with Crippen molar-refractivity contribution in [2.45, 2.75) is 18.9 Å². The second-order valence-corrected chi connectivity index (χ2v) is 7.76. The smallest absolute Gasteiger partial charge is 0.224 e. The van der Waals surface area contributed by atoms with Crippen LogP contribution in [0.2, 0.25) is 0 Å². The van der Waals surface area contributed by atoms with Gasteiger partial charge in [0, 0.05) is 52.4 Å². The van der Waals surface area contributed by atoms with E-state index >= 15 is 0 Å². The predicted octanol–water partition coefficient (Wildman–Crippen LogP) is -0.878. The maximum atomic E-state index is 10.8. The Hall–Kier alpha value is -2.01. The number of imidazole rings is 1. The fourth-order valence-electron chi connectivity index (χ4n) is 4.31. The number of nitrogens with zero attached hydrogens (tertiary/aromatic N) is 6. The lowest BCUT2D eigenvalue weighted by molar-refractivity contribution is 0.0310. The van der Waals surface area contributed by atoms with Gasteiger partial charge < -0.3 is 25.8 Å². The van der Waals surface area contributed by atoms with Crippen LogP contribution in [0.25, 0.3) is 11.2 Å². The molecule has 2 aromatic heterocycles. The van der Waals surface area contributed by atoms with Crippen LogP contribution in [0.15, 0.2) is 6.33 Å². The lowest BCUT2D eigenvalue weighted by Crippen LogP contribution is -2.50. The number of piperidine rings is 1. The summed E-state index contributed by atoms with van der Waals surface area (Å²) >= 11 is 0. The highest BCUT2D eigenvalue weighted by molar-refractivity contribution is 5.84. The maximum Gasteiger partial charge on any atom is 0.224 e. The van der Waals surface area contributed by atoms with E-state index in [2.05, 4.69) is 34.6 Å². The summed E-state index contributed by atoms with van der Waals surface area (Å²) in [7, 11) is 0. The summed E-state index contributed by atoms with van der Waals surface area (Å²) in [6, 6.07) is 0. The lowest BCUT2D eigenvalue weighted by Gasteiger charge is -2.39. The minimum atomic E-state index is -0.311. The Balaban J connectivity index is 1.30. The monoisotopic (exact) mass is 390 g/mol. The van der Waals surface area contributed by atoms with Crippen molar-refractivity contribution < 1.29 is 10.2 Å². The van der Waals surface area contributed by atoms with Crippen LogP contribution < -0.4 is 10.6 Å². The number of β-amino-alcohol motifs (C(OH)–C–C–N with tert-alkyl or cyclic N) is 2. The Labute approximate surface area is 164 Å². The third-order valence-electron chi connectivity index (χ3n) is 5.99. The third-order valence-corrected chi connectivity index (χ3v) is 5.99. The standard InChI is InChI=1S/C18H30N8O2/c19-18-22-16-15(20-12-21-16)17(23-18)26-3-1-13(2-4-26)14(28)11-25-7-5-24(6-8-25)9-10-27/h12-14,27-28H,1-11H2,(H3,19,20,21,22,23). The zero-order valence-electron chi connectivity index (χ0n) is 16.2. The molecular formula is C18H30N8O2. The van der Waals surface area contributed by atoms with Crippen LogP contribution in [0.5, 0.6) is 0 Å². The minimum Gasteiger partial charge on any atom is -0.395 e. The van der Waals surface area contributed by atoms with Gasteiger partial charge in [-0.3, -0.25) is 9.80 Å². The average molecular weight is 390 g/mol. The van der Waals surface area contributed by atoms with Gasteiger partial charge in [0.15, 0.2) is 11.5 Å². The molecule has 10 heteroatoms. The summed E-state index contributed by atoms with van der Waals surface area (Å²) in [6.07, 6.45) is 3.14. The third kappa shape index (κ3) is 4.19. The van der Waals surface area contributed by atoms with Crippen molar-refractivity contribution in [3.05, 3.63) is 6.33 Å². The van der Waals surface area contributed by atoms with Crippen LogP contribution >= 0.6 is 0 Å². The molecule has 2 aromatic rings. The number of nitrogen functional groups attached to an aromatic ring is 1. The molecule has 0 aromatic carbocycles. The molecule has 154 valence electrons. The van der Waals surface area contributed by atoms with Gasteiger partial charge in [0.25, 0.3) is 0 Å². The number of aromatic amines is 1. The number of aromatic nitrogens is 4. The number of hydrogen-bond donors (Lipinski definition) is 4. The van der Waals surface area contributed by atoms with Gasteiger partial charge in [-0.15, -0.1) is 0 Å². The van der Waals surface area contributed by atoms with Crippen LogP contribution in [-0.2, 0) is 0 Å². The second kappa shape index (κ2) is 8.56. The van der Waals surface area contributed by atoms with Gasteiger partial charge in [-0.1, -0.05) is 0 Å². The number of rotatable bonds is 6. The highest BCUT2D eigenvalue weighted by Gasteiger charge is 2.29. The molecule has 0 saturated carbocycles. The molecule has 0 bridgehead atoms. The molecule has 0 amide bonds. The van der Waals surface area contributed by atoms with Gasteiger partial charge in [-0.2, -0.15) is 9.97 Å². The van der Waals surface area contributed by atoms with Gasteiger partial charge in [0.05, 0.1) is 19.0 Å². The average Bonchev–Trinajstić information content (AvgIpc) is 3.17. The van der Waals surface area contributed by atoms with E-state index in [0.29, 0.717) is 11.6 Å². The largest absolute Gasteiger partial charge is 0.395 e. The first-order valence-electron chi connectivity index (χ1n) is 10.1. The summed E-state index contributed by atoms with van der Waals surface area (Å²) in [6.45, 7) is 7.16. The Morgan fingerprint density at radius 2 is 1.82 bits per heavy atom. The first-order chi connectivity index (χ1) is 13.6. The van der Waals surface area contributed by atoms with Crippen molar-refractivity contribution in [3.63, 3.8) is 0 Å². The number of aliphatic hydroxyl groups excluding tert-OH is 2. The summed E-state index contributed by atoms with van der Waals surface area (Å²) in [5.41, 5.74) is 7.24. The summed E-state index contributed by atoms with van der Waals surface area (Å²) < 4.78 is 0. The molecule has 2 saturated heterocycles. The van der Waals surface area contributed by atoms with Gasteiger partial charge in [-0.05, 0) is 18.8 Å². The molecule has 1 unspecified atom stereocenters. The molecule has 2 aliphatic heterocycles. The summed E-state index contributed by atoms with van der Waals surface area (Å²) in [5.74, 6) is 1.33. The molecule has 4 heterocycles. The maximum absolute atomic E-state index is 10.8. The van der Waals surface area contributed by atoms with E-state index in [1.54, 1.807) is 6.33 Å². The van der Waals surface area contributed by atoms with E-state index in [1.165, 1.54) is 0 Å². The lowest BCUT2D eigenvalue weighted by atomic mass is 9.90. The number of fused-ring (bicyclic) bond motifs is 1. The minimum absolute atomic E-state index is 0.212. The number of nitrogens with one attached hydrogen (secondary N) is 1. The van der Waals surface area contributed by atoms with E-state index in [9.17, 15) is 5.11 Å². The summed E-state index contributed by atoms with van der Waals surface area (Å²) in [4.78, 5) is 22.7. The second-order valence-electron chi connectivity index (χ2n) is 7.76. The van der Waals surface area contributed by atoms with Gasteiger partial charge in [-0.25, -0.2) is 4.98 Å². The van der Waals surface area contributed by atoms with Crippen molar-refractivity contribution in [3.8, 4) is 0 Å². The topological polar surface area (TPSA) is 131 Å². The number of anilines is 2. The fraction of sp³-hybridized carbons (Fsp3) is 0.722. The molecule has 28 heavy (non-hydrogen) atoms. The van der Waals surface area contributed by atoms with Crippen LogP contribution in [0.4, 0.5) is 11.8 Å². The zero-order valence-corrected chi connectivity index (χ0v) is 16.2. The van der Waals surface area contributed by atoms with Crippen molar-refractivity contribution in [1.29, 1.82) is 0 Å². The SMILES string of the molecule is Nc1nc(N2CCC(C(O)CN3CCN(CCO)CC3)CC2)c2[nH]cnc2n1. The molecule has 0 aliphatic carbocycles. The van der Waals surface area contributed by atoms with Crippen molar-refractivity contribution in [2.24, 2.45) is 5.92 Å². The number of H-pyrrole nitrogens is 1. The normalized spacial score (nSPS) is 21.4. The van der Waals surface area contributed by atoms with E-state index in [1.807, 2.05) is 0 Å². The quantitative estimate of drug-likeness (QED) is 0.497. The molecule has 0 radical (unpaired) electrons. The van der Waals surface area contributed by atoms with E-state index in [-0.39, 0.29) is 18.7 Å². The van der Waals surface area contributed by atoms with E-state index in [4.69, 9.17) is 10.8 Å². The van der Waals surface area contributed by atoms with Crippen molar-refractivity contribution >= 4 is 22.9 Å². The number of nitrogens with two attached hydrogens (primary N) is 1. The fourth-order valence-corrected chi connectivity index (χ4v) is 4.31. The highest BCUT2D eigenvalue weighted by Crippen LogP contribution is 2.28.